The van der Waals surface area contributed by atoms with E-state index in [0.29, 0.717) is 5.92 Å². The lowest BCUT2D eigenvalue weighted by atomic mass is 9.89. The van der Waals surface area contributed by atoms with Crippen molar-refractivity contribution in [3.05, 3.63) is 51.5 Å². The van der Waals surface area contributed by atoms with Crippen LogP contribution in [0.25, 0.3) is 0 Å². The molecule has 1 aromatic heterocycles. The number of aliphatic imine (C=N–C) groups is 1. The van der Waals surface area contributed by atoms with Crippen LogP contribution in [0.2, 0.25) is 0 Å². The van der Waals surface area contributed by atoms with Crippen molar-refractivity contribution >= 4 is 41.3 Å². The fourth-order valence-electron chi connectivity index (χ4n) is 3.54. The third kappa shape index (κ3) is 7.53. The van der Waals surface area contributed by atoms with E-state index in [1.165, 1.54) is 11.1 Å². The van der Waals surface area contributed by atoms with E-state index in [4.69, 9.17) is 9.73 Å². The van der Waals surface area contributed by atoms with Crippen LogP contribution >= 0.6 is 35.3 Å². The van der Waals surface area contributed by atoms with Crippen LogP contribution < -0.4 is 10.6 Å². The summed E-state index contributed by atoms with van der Waals surface area (Å²) in [6.45, 7) is 9.55. The summed E-state index contributed by atoms with van der Waals surface area (Å²) in [5.41, 5.74) is 3.69. The Morgan fingerprint density at radius 3 is 2.72 bits per heavy atom. The van der Waals surface area contributed by atoms with E-state index in [1.54, 1.807) is 11.3 Å². The maximum Gasteiger partial charge on any atom is 0.191 e. The minimum absolute atomic E-state index is 0. The first-order valence-corrected chi connectivity index (χ1v) is 11.1. The molecule has 0 spiro atoms. The van der Waals surface area contributed by atoms with Crippen molar-refractivity contribution in [3.8, 4) is 0 Å². The van der Waals surface area contributed by atoms with Crippen LogP contribution in [-0.4, -0.2) is 37.2 Å². The van der Waals surface area contributed by atoms with Gasteiger partial charge in [0.15, 0.2) is 5.96 Å². The van der Waals surface area contributed by atoms with Crippen LogP contribution in [0.4, 0.5) is 0 Å². The molecule has 5 nitrogen and oxygen atoms in total. The van der Waals surface area contributed by atoms with E-state index in [9.17, 15) is 0 Å². The van der Waals surface area contributed by atoms with E-state index in [-0.39, 0.29) is 30.1 Å². The largest absolute Gasteiger partial charge is 0.373 e. The summed E-state index contributed by atoms with van der Waals surface area (Å²) in [4.78, 5) is 9.39. The zero-order chi connectivity index (χ0) is 19.8. The van der Waals surface area contributed by atoms with Gasteiger partial charge in [0.2, 0.25) is 0 Å². The lowest BCUT2D eigenvalue weighted by Gasteiger charge is -2.31. The summed E-state index contributed by atoms with van der Waals surface area (Å²) >= 11 is 1.70. The van der Waals surface area contributed by atoms with Gasteiger partial charge < -0.3 is 15.4 Å². The molecule has 0 aliphatic carbocycles. The minimum atomic E-state index is 0. The molecular formula is C22H33IN4OS. The summed E-state index contributed by atoms with van der Waals surface area (Å²) in [7, 11) is 0. The van der Waals surface area contributed by atoms with Gasteiger partial charge in [0.05, 0.1) is 16.8 Å². The average Bonchev–Trinajstić information content (AvgIpc) is 3.12. The van der Waals surface area contributed by atoms with Gasteiger partial charge in [-0.2, -0.15) is 0 Å². The summed E-state index contributed by atoms with van der Waals surface area (Å²) in [5, 5.41) is 10.1. The third-order valence-electron chi connectivity index (χ3n) is 5.02. The van der Waals surface area contributed by atoms with Gasteiger partial charge in [-0.05, 0) is 39.2 Å². The molecule has 1 aliphatic rings. The molecular weight excluding hydrogens is 495 g/mol. The molecule has 0 amide bonds. The lowest BCUT2D eigenvalue weighted by molar-refractivity contribution is -0.0250. The average molecular weight is 529 g/mol. The third-order valence-corrected chi connectivity index (χ3v) is 5.84. The van der Waals surface area contributed by atoms with Gasteiger partial charge in [0, 0.05) is 44.0 Å². The fraction of sp³-hybridized carbons (Fsp3) is 0.545. The summed E-state index contributed by atoms with van der Waals surface area (Å²) in [6, 6.07) is 8.72. The molecule has 0 radical (unpaired) electrons. The van der Waals surface area contributed by atoms with Gasteiger partial charge in [0.1, 0.15) is 0 Å². The number of nitrogens with one attached hydrogen (secondary N) is 2. The van der Waals surface area contributed by atoms with E-state index in [2.05, 4.69) is 59.1 Å². The molecule has 2 atom stereocenters. The predicted octanol–water partition coefficient (Wildman–Crippen LogP) is 4.64. The molecule has 1 aliphatic heterocycles. The van der Waals surface area contributed by atoms with Crippen molar-refractivity contribution in [1.82, 2.24) is 15.6 Å². The second-order valence-electron chi connectivity index (χ2n) is 7.36. The highest BCUT2D eigenvalue weighted by Gasteiger charge is 2.27. The van der Waals surface area contributed by atoms with Crippen LogP contribution in [0.15, 0.2) is 34.6 Å². The Labute approximate surface area is 195 Å². The Kier molecular flexibility index (Phi) is 10.4. The number of ether oxygens (including phenoxy) is 1. The highest BCUT2D eigenvalue weighted by Crippen LogP contribution is 2.33. The number of aryl methyl sites for hydroxylation is 2. The van der Waals surface area contributed by atoms with Crippen molar-refractivity contribution < 1.29 is 4.74 Å². The molecule has 1 aromatic carbocycles. The minimum Gasteiger partial charge on any atom is -0.373 e. The van der Waals surface area contributed by atoms with Crippen LogP contribution in [0.5, 0.6) is 0 Å². The molecule has 0 bridgehead atoms. The van der Waals surface area contributed by atoms with E-state index < -0.39 is 0 Å². The molecule has 29 heavy (non-hydrogen) atoms. The first kappa shape index (κ1) is 24.1. The Hall–Kier alpha value is -1.19. The molecule has 1 saturated heterocycles. The van der Waals surface area contributed by atoms with Crippen molar-refractivity contribution in [2.24, 2.45) is 10.9 Å². The zero-order valence-corrected chi connectivity index (χ0v) is 20.8. The van der Waals surface area contributed by atoms with Crippen LogP contribution in [0.3, 0.4) is 0 Å². The maximum atomic E-state index is 6.13. The van der Waals surface area contributed by atoms with Crippen molar-refractivity contribution in [1.29, 1.82) is 0 Å². The summed E-state index contributed by atoms with van der Waals surface area (Å²) in [5.74, 6) is 1.29. The number of hydrogen-bond acceptors (Lipinski definition) is 4. The number of aromatic nitrogens is 1. The Morgan fingerprint density at radius 2 is 2.03 bits per heavy atom. The van der Waals surface area contributed by atoms with Gasteiger partial charge in [-0.3, -0.25) is 4.99 Å². The molecule has 2 unspecified atom stereocenters. The molecule has 1 fully saturated rings. The van der Waals surface area contributed by atoms with Crippen molar-refractivity contribution in [3.63, 3.8) is 0 Å². The number of halogens is 1. The first-order chi connectivity index (χ1) is 13.7. The highest BCUT2D eigenvalue weighted by molar-refractivity contribution is 14.0. The molecule has 0 saturated carbocycles. The normalized spacial score (nSPS) is 19.5. The highest BCUT2D eigenvalue weighted by atomic mass is 127. The van der Waals surface area contributed by atoms with E-state index in [0.717, 1.165) is 62.2 Å². The number of guanidine groups is 1. The Morgan fingerprint density at radius 1 is 1.24 bits per heavy atom. The van der Waals surface area contributed by atoms with Crippen LogP contribution in [0, 0.1) is 19.8 Å². The van der Waals surface area contributed by atoms with E-state index in [1.807, 2.05) is 6.92 Å². The molecule has 2 N–H and O–H groups in total. The van der Waals surface area contributed by atoms with Gasteiger partial charge in [0.25, 0.3) is 0 Å². The number of nitrogens with zero attached hydrogens (tertiary/aromatic N) is 2. The summed E-state index contributed by atoms with van der Waals surface area (Å²) in [6.07, 6.45) is 3.31. The van der Waals surface area contributed by atoms with Gasteiger partial charge in [-0.25, -0.2) is 4.98 Å². The molecule has 3 rings (SSSR count). The lowest BCUT2D eigenvalue weighted by Crippen LogP contribution is -2.39. The number of rotatable bonds is 7. The standard InChI is InChI=1S/C22H32N4OS.HI/c1-4-23-22(24-12-11-20-15-28-17(3)26-20)25-14-19-6-5-13-27-21(19)18-9-7-16(2)8-10-18;/h7-10,15,19,21H,4-6,11-14H2,1-3H3,(H2,23,24,25);1H. The number of thiazole rings is 1. The first-order valence-electron chi connectivity index (χ1n) is 10.3. The number of hydrogen-bond donors (Lipinski definition) is 2. The predicted molar refractivity (Wildman–Crippen MR) is 133 cm³/mol. The SMILES string of the molecule is CCNC(=NCC1CCCOC1c1ccc(C)cc1)NCCc1csc(C)n1.I. The topological polar surface area (TPSA) is 58.5 Å². The van der Waals surface area contributed by atoms with Gasteiger partial charge >= 0.3 is 0 Å². The molecule has 7 heteroatoms. The maximum absolute atomic E-state index is 6.13. The number of benzene rings is 1. The van der Waals surface area contributed by atoms with Crippen molar-refractivity contribution in [2.75, 3.05) is 26.2 Å². The molecule has 2 aromatic rings. The van der Waals surface area contributed by atoms with Gasteiger partial charge in [-0.15, -0.1) is 35.3 Å². The van der Waals surface area contributed by atoms with Crippen LogP contribution in [-0.2, 0) is 11.2 Å². The Balaban J connectivity index is 0.00000300. The monoisotopic (exact) mass is 528 g/mol. The van der Waals surface area contributed by atoms with Gasteiger partial charge in [-0.1, -0.05) is 29.8 Å². The van der Waals surface area contributed by atoms with Crippen LogP contribution in [0.1, 0.15) is 47.7 Å². The zero-order valence-electron chi connectivity index (χ0n) is 17.6. The quantitative estimate of drug-likeness (QED) is 0.312. The molecule has 2 heterocycles. The molecule has 160 valence electrons. The fourth-order valence-corrected chi connectivity index (χ4v) is 4.18. The smallest absolute Gasteiger partial charge is 0.191 e. The van der Waals surface area contributed by atoms with Crippen molar-refractivity contribution in [2.45, 2.75) is 46.1 Å². The second kappa shape index (κ2) is 12.5. The van der Waals surface area contributed by atoms with E-state index >= 15 is 0 Å². The second-order valence-corrected chi connectivity index (χ2v) is 8.42. The Bertz CT molecular complexity index is 762. The summed E-state index contributed by atoms with van der Waals surface area (Å²) < 4.78 is 6.13.